The van der Waals surface area contributed by atoms with Crippen molar-refractivity contribution in [3.8, 4) is 11.5 Å². The van der Waals surface area contributed by atoms with Gasteiger partial charge in [-0.05, 0) is 31.0 Å². The van der Waals surface area contributed by atoms with Crippen molar-refractivity contribution in [1.29, 1.82) is 0 Å². The van der Waals surface area contributed by atoms with Crippen molar-refractivity contribution in [2.45, 2.75) is 19.9 Å². The third kappa shape index (κ3) is 3.44. The summed E-state index contributed by atoms with van der Waals surface area (Å²) in [4.78, 5) is 14.1. The Hall–Kier alpha value is -1.95. The molecular weight excluding hydrogens is 284 g/mol. The van der Waals surface area contributed by atoms with Crippen LogP contribution in [0.4, 0.5) is 4.79 Å². The Balaban J connectivity index is 1.55. The smallest absolute Gasteiger partial charge is 0.317 e. The second kappa shape index (κ2) is 6.87. The molecule has 0 radical (unpaired) electrons. The van der Waals surface area contributed by atoms with E-state index in [9.17, 15) is 4.79 Å². The zero-order valence-corrected chi connectivity index (χ0v) is 12.8. The van der Waals surface area contributed by atoms with E-state index in [1.165, 1.54) is 0 Å². The zero-order chi connectivity index (χ0) is 15.4. The molecular formula is C16H22N2O4. The van der Waals surface area contributed by atoms with Crippen LogP contribution >= 0.6 is 0 Å². The van der Waals surface area contributed by atoms with Crippen LogP contribution in [0.25, 0.3) is 0 Å². The number of carbonyl (C=O) groups excluding carboxylic acids is 1. The molecule has 0 aromatic heterocycles. The van der Waals surface area contributed by atoms with Gasteiger partial charge in [-0.1, -0.05) is 6.07 Å². The largest absolute Gasteiger partial charge is 0.454 e. The van der Waals surface area contributed by atoms with Crippen molar-refractivity contribution in [3.05, 3.63) is 23.8 Å². The number of fused-ring (bicyclic) bond motifs is 1. The third-order valence-corrected chi connectivity index (χ3v) is 4.05. The van der Waals surface area contributed by atoms with Gasteiger partial charge in [-0.3, -0.25) is 0 Å². The van der Waals surface area contributed by atoms with Gasteiger partial charge in [-0.25, -0.2) is 4.79 Å². The summed E-state index contributed by atoms with van der Waals surface area (Å²) in [5.74, 6) is 1.95. The molecule has 120 valence electrons. The number of urea groups is 1. The predicted molar refractivity (Wildman–Crippen MR) is 81.0 cm³/mol. The normalized spacial score (nSPS) is 19.2. The first-order chi connectivity index (χ1) is 10.8. The van der Waals surface area contributed by atoms with Crippen LogP contribution in [0.5, 0.6) is 11.5 Å². The highest BCUT2D eigenvalue weighted by atomic mass is 16.7. The van der Waals surface area contributed by atoms with Gasteiger partial charge in [0.1, 0.15) is 0 Å². The Morgan fingerprint density at radius 1 is 1.36 bits per heavy atom. The van der Waals surface area contributed by atoms with Crippen LogP contribution in [-0.2, 0) is 11.3 Å². The van der Waals surface area contributed by atoms with E-state index in [1.807, 2.05) is 25.1 Å². The standard InChI is InChI=1S/C16H22N2O4/c1-2-18(16(19)17-8-13-5-6-20-10-13)9-12-3-4-14-15(7-12)22-11-21-14/h3-4,7,13H,2,5-6,8-11H2,1H3,(H,17,19)/t13-/m0/s1. The summed E-state index contributed by atoms with van der Waals surface area (Å²) in [7, 11) is 0. The first-order valence-corrected chi connectivity index (χ1v) is 7.75. The summed E-state index contributed by atoms with van der Waals surface area (Å²) < 4.78 is 16.0. The molecule has 22 heavy (non-hydrogen) atoms. The predicted octanol–water partition coefficient (Wildman–Crippen LogP) is 1.98. The fraction of sp³-hybridized carbons (Fsp3) is 0.562. The molecule has 0 aliphatic carbocycles. The second-order valence-corrected chi connectivity index (χ2v) is 5.62. The first-order valence-electron chi connectivity index (χ1n) is 7.75. The molecule has 6 heteroatoms. The van der Waals surface area contributed by atoms with Crippen molar-refractivity contribution in [3.63, 3.8) is 0 Å². The summed E-state index contributed by atoms with van der Waals surface area (Å²) >= 11 is 0. The molecule has 3 rings (SSSR count). The topological polar surface area (TPSA) is 60.0 Å². The molecule has 6 nitrogen and oxygen atoms in total. The third-order valence-electron chi connectivity index (χ3n) is 4.05. The lowest BCUT2D eigenvalue weighted by molar-refractivity contribution is 0.173. The van der Waals surface area contributed by atoms with Crippen molar-refractivity contribution in [2.75, 3.05) is 33.1 Å². The van der Waals surface area contributed by atoms with Crippen molar-refractivity contribution < 1.29 is 19.0 Å². The lowest BCUT2D eigenvalue weighted by Gasteiger charge is -2.22. The number of carbonyl (C=O) groups is 1. The molecule has 2 aliphatic rings. The van der Waals surface area contributed by atoms with Crippen LogP contribution in [0.15, 0.2) is 18.2 Å². The van der Waals surface area contributed by atoms with E-state index in [0.717, 1.165) is 36.7 Å². The summed E-state index contributed by atoms with van der Waals surface area (Å²) in [6, 6.07) is 5.75. The Bertz CT molecular complexity index is 529. The molecule has 1 aromatic carbocycles. The Kier molecular flexibility index (Phi) is 4.68. The molecule has 1 aromatic rings. The Morgan fingerprint density at radius 3 is 3.00 bits per heavy atom. The highest BCUT2D eigenvalue weighted by molar-refractivity contribution is 5.74. The Morgan fingerprint density at radius 2 is 2.23 bits per heavy atom. The molecule has 1 N–H and O–H groups in total. The minimum Gasteiger partial charge on any atom is -0.454 e. The van der Waals surface area contributed by atoms with Crippen LogP contribution in [0, 0.1) is 5.92 Å². The zero-order valence-electron chi connectivity index (χ0n) is 12.8. The van der Waals surface area contributed by atoms with Crippen LogP contribution < -0.4 is 14.8 Å². The molecule has 0 saturated carbocycles. The van der Waals surface area contributed by atoms with Crippen LogP contribution in [-0.4, -0.2) is 44.0 Å². The van der Waals surface area contributed by atoms with Gasteiger partial charge in [0.15, 0.2) is 11.5 Å². The summed E-state index contributed by atoms with van der Waals surface area (Å²) in [6.45, 7) is 5.67. The number of hydrogen-bond acceptors (Lipinski definition) is 4. The molecule has 0 bridgehead atoms. The monoisotopic (exact) mass is 306 g/mol. The van der Waals surface area contributed by atoms with Gasteiger partial charge < -0.3 is 24.4 Å². The van der Waals surface area contributed by atoms with E-state index in [-0.39, 0.29) is 12.8 Å². The number of ether oxygens (including phenoxy) is 3. The fourth-order valence-electron chi connectivity index (χ4n) is 2.67. The lowest BCUT2D eigenvalue weighted by Crippen LogP contribution is -2.41. The molecule has 0 unspecified atom stereocenters. The number of amides is 2. The van der Waals surface area contributed by atoms with Gasteiger partial charge in [0, 0.05) is 32.2 Å². The molecule has 1 atom stereocenters. The van der Waals surface area contributed by atoms with Crippen LogP contribution in [0.3, 0.4) is 0 Å². The van der Waals surface area contributed by atoms with Gasteiger partial charge >= 0.3 is 6.03 Å². The minimum absolute atomic E-state index is 0.0351. The maximum Gasteiger partial charge on any atom is 0.317 e. The molecule has 2 amide bonds. The van der Waals surface area contributed by atoms with E-state index < -0.39 is 0 Å². The first kappa shape index (κ1) is 15.0. The van der Waals surface area contributed by atoms with Gasteiger partial charge in [0.2, 0.25) is 6.79 Å². The lowest BCUT2D eigenvalue weighted by atomic mass is 10.1. The van der Waals surface area contributed by atoms with E-state index in [2.05, 4.69) is 5.32 Å². The molecule has 1 saturated heterocycles. The van der Waals surface area contributed by atoms with Crippen molar-refractivity contribution in [1.82, 2.24) is 10.2 Å². The summed E-state index contributed by atoms with van der Waals surface area (Å²) in [5.41, 5.74) is 1.03. The van der Waals surface area contributed by atoms with Gasteiger partial charge in [-0.15, -0.1) is 0 Å². The molecule has 2 heterocycles. The van der Waals surface area contributed by atoms with Crippen LogP contribution in [0.2, 0.25) is 0 Å². The number of nitrogens with one attached hydrogen (secondary N) is 1. The fourth-order valence-corrected chi connectivity index (χ4v) is 2.67. The minimum atomic E-state index is -0.0351. The van der Waals surface area contributed by atoms with Gasteiger partial charge in [0.05, 0.1) is 6.61 Å². The maximum absolute atomic E-state index is 12.3. The number of nitrogens with zero attached hydrogens (tertiary/aromatic N) is 1. The second-order valence-electron chi connectivity index (χ2n) is 5.62. The maximum atomic E-state index is 12.3. The van der Waals surface area contributed by atoms with Crippen molar-refractivity contribution >= 4 is 6.03 Å². The van der Waals surface area contributed by atoms with E-state index in [0.29, 0.717) is 25.6 Å². The quantitative estimate of drug-likeness (QED) is 0.903. The van der Waals surface area contributed by atoms with Crippen molar-refractivity contribution in [2.24, 2.45) is 5.92 Å². The van der Waals surface area contributed by atoms with Crippen LogP contribution in [0.1, 0.15) is 18.9 Å². The average Bonchev–Trinajstić information content (AvgIpc) is 3.20. The van der Waals surface area contributed by atoms with E-state index in [1.54, 1.807) is 4.90 Å². The van der Waals surface area contributed by atoms with E-state index >= 15 is 0 Å². The molecule has 1 fully saturated rings. The SMILES string of the molecule is CCN(Cc1ccc2c(c1)OCO2)C(=O)NC[C@@H]1CCOC1. The summed E-state index contributed by atoms with van der Waals surface area (Å²) in [5, 5.41) is 3.00. The summed E-state index contributed by atoms with van der Waals surface area (Å²) in [6.07, 6.45) is 1.02. The van der Waals surface area contributed by atoms with Gasteiger partial charge in [-0.2, -0.15) is 0 Å². The highest BCUT2D eigenvalue weighted by Crippen LogP contribution is 2.32. The molecule has 2 aliphatic heterocycles. The average molecular weight is 306 g/mol. The Labute approximate surface area is 130 Å². The number of hydrogen-bond donors (Lipinski definition) is 1. The highest BCUT2D eigenvalue weighted by Gasteiger charge is 2.19. The molecule has 0 spiro atoms. The number of rotatable bonds is 5. The van der Waals surface area contributed by atoms with Gasteiger partial charge in [0.25, 0.3) is 0 Å². The van der Waals surface area contributed by atoms with E-state index in [4.69, 9.17) is 14.2 Å². The number of benzene rings is 1.